The number of piperidine rings is 1. The molecule has 4 rings (SSSR count). The van der Waals surface area contributed by atoms with Crippen LogP contribution in [0.5, 0.6) is 0 Å². The van der Waals surface area contributed by atoms with Crippen molar-refractivity contribution in [3.05, 3.63) is 96.1 Å². The first-order valence-electron chi connectivity index (χ1n) is 12.5. The maximum Gasteiger partial charge on any atom is 0.322 e. The average molecular weight is 499 g/mol. The van der Waals surface area contributed by atoms with Gasteiger partial charge in [-0.05, 0) is 45.9 Å². The highest BCUT2D eigenvalue weighted by Gasteiger charge is 2.52. The molecule has 3 aromatic rings. The second kappa shape index (κ2) is 10.8. The molecule has 2 unspecified atom stereocenters. The van der Waals surface area contributed by atoms with E-state index in [1.807, 2.05) is 24.3 Å². The van der Waals surface area contributed by atoms with Crippen LogP contribution in [0.3, 0.4) is 0 Å². The lowest BCUT2D eigenvalue weighted by molar-refractivity contribution is -0.212. The summed E-state index contributed by atoms with van der Waals surface area (Å²) < 4.78 is 7.38. The van der Waals surface area contributed by atoms with Crippen molar-refractivity contribution in [3.8, 4) is 6.07 Å². The second-order valence-corrected chi connectivity index (χ2v) is 14.7. The summed E-state index contributed by atoms with van der Waals surface area (Å²) in [5, 5.41) is 13.4. The molecule has 1 saturated heterocycles. The van der Waals surface area contributed by atoms with Crippen LogP contribution in [-0.2, 0) is 14.1 Å². The first kappa shape index (κ1) is 25.8. The van der Waals surface area contributed by atoms with Crippen LogP contribution >= 0.6 is 0 Å². The molecular formula is C30H34N2O3Si. The summed E-state index contributed by atoms with van der Waals surface area (Å²) in [6.07, 6.45) is 1.41. The van der Waals surface area contributed by atoms with Gasteiger partial charge in [0.25, 0.3) is 8.32 Å². The van der Waals surface area contributed by atoms with E-state index in [0.717, 1.165) is 12.0 Å². The summed E-state index contributed by atoms with van der Waals surface area (Å²) in [7, 11) is -2.71. The molecule has 0 aliphatic carbocycles. The number of nitrogens with zero attached hydrogens (tertiary/aromatic N) is 2. The predicted molar refractivity (Wildman–Crippen MR) is 144 cm³/mol. The van der Waals surface area contributed by atoms with Crippen LogP contribution in [0, 0.1) is 11.3 Å². The van der Waals surface area contributed by atoms with E-state index in [1.54, 1.807) is 5.06 Å². The highest BCUT2D eigenvalue weighted by atomic mass is 28.4. The van der Waals surface area contributed by atoms with Crippen LogP contribution in [0.4, 0.5) is 0 Å². The molecule has 0 N–H and O–H groups in total. The lowest BCUT2D eigenvalue weighted by atomic mass is 9.94. The summed E-state index contributed by atoms with van der Waals surface area (Å²) in [5.74, 6) is -0.333. The van der Waals surface area contributed by atoms with Crippen LogP contribution in [0.25, 0.3) is 0 Å². The van der Waals surface area contributed by atoms with Gasteiger partial charge in [0.1, 0.15) is 0 Å². The molecular weight excluding hydrogens is 464 g/mol. The normalized spacial score (nSPS) is 18.9. The number of benzene rings is 3. The van der Waals surface area contributed by atoms with E-state index in [0.29, 0.717) is 18.5 Å². The van der Waals surface area contributed by atoms with E-state index in [9.17, 15) is 10.1 Å². The number of hydrogen-bond donors (Lipinski definition) is 0. The van der Waals surface area contributed by atoms with E-state index in [1.165, 1.54) is 17.3 Å². The molecule has 186 valence electrons. The summed E-state index contributed by atoms with van der Waals surface area (Å²) >= 11 is 0. The fourth-order valence-electron chi connectivity index (χ4n) is 5.32. The van der Waals surface area contributed by atoms with Gasteiger partial charge in [0.2, 0.25) is 0 Å². The Balaban J connectivity index is 1.74. The van der Waals surface area contributed by atoms with Crippen molar-refractivity contribution in [3.63, 3.8) is 0 Å². The molecule has 36 heavy (non-hydrogen) atoms. The molecule has 0 bridgehead atoms. The summed E-state index contributed by atoms with van der Waals surface area (Å²) in [6.45, 7) is 8.86. The first-order valence-corrected chi connectivity index (χ1v) is 14.4. The molecule has 0 spiro atoms. The Morgan fingerprint density at radius 2 is 1.50 bits per heavy atom. The molecule has 2 atom stereocenters. The highest BCUT2D eigenvalue weighted by molar-refractivity contribution is 6.99. The summed E-state index contributed by atoms with van der Waals surface area (Å²) in [4.78, 5) is 17.5. The standard InChI is InChI=1S/C30H34N2O3Si/c1-23(33)34-32-20-19-26(21-29(32)25-17-15-24(22-31)16-18-25)35-36(30(2,3)4,27-11-7-5-8-12-27)28-13-9-6-10-14-28/h5-18,26,29H,19-21H2,1-4H3. The van der Waals surface area contributed by atoms with Crippen molar-refractivity contribution in [2.45, 2.75) is 57.7 Å². The van der Waals surface area contributed by atoms with Gasteiger partial charge in [-0.1, -0.05) is 93.6 Å². The van der Waals surface area contributed by atoms with Gasteiger partial charge < -0.3 is 9.26 Å². The second-order valence-electron chi connectivity index (χ2n) is 10.4. The smallest absolute Gasteiger partial charge is 0.322 e. The Bertz CT molecular complexity index is 1160. The molecule has 5 nitrogen and oxygen atoms in total. The Hall–Kier alpha value is -3.24. The van der Waals surface area contributed by atoms with Crippen LogP contribution in [0.1, 0.15) is 57.7 Å². The van der Waals surface area contributed by atoms with Crippen LogP contribution < -0.4 is 10.4 Å². The largest absolute Gasteiger partial charge is 0.404 e. The highest BCUT2D eigenvalue weighted by Crippen LogP contribution is 2.41. The number of nitriles is 1. The third-order valence-corrected chi connectivity index (χ3v) is 12.0. The zero-order chi connectivity index (χ0) is 25.8. The van der Waals surface area contributed by atoms with E-state index in [4.69, 9.17) is 9.26 Å². The van der Waals surface area contributed by atoms with Gasteiger partial charge in [-0.25, -0.2) is 0 Å². The first-order chi connectivity index (χ1) is 17.2. The minimum Gasteiger partial charge on any atom is -0.404 e. The van der Waals surface area contributed by atoms with Crippen molar-refractivity contribution in [2.75, 3.05) is 6.54 Å². The molecule has 0 amide bonds. The van der Waals surface area contributed by atoms with Gasteiger partial charge in [-0.3, -0.25) is 4.79 Å². The van der Waals surface area contributed by atoms with Gasteiger partial charge in [0, 0.05) is 19.6 Å². The van der Waals surface area contributed by atoms with Crippen molar-refractivity contribution in [1.82, 2.24) is 5.06 Å². The Morgan fingerprint density at radius 3 is 1.97 bits per heavy atom. The third-order valence-electron chi connectivity index (χ3n) is 6.94. The van der Waals surface area contributed by atoms with Crippen LogP contribution in [-0.4, -0.2) is 32.0 Å². The molecule has 1 heterocycles. The lowest BCUT2D eigenvalue weighted by Gasteiger charge is -2.47. The van der Waals surface area contributed by atoms with E-state index >= 15 is 0 Å². The van der Waals surface area contributed by atoms with Crippen LogP contribution in [0.15, 0.2) is 84.9 Å². The SMILES string of the molecule is CC(=O)ON1CCC(O[Si](c2ccccc2)(c2ccccc2)C(C)(C)C)CC1c1ccc(C#N)cc1. The molecule has 1 fully saturated rings. The van der Waals surface area contributed by atoms with Gasteiger partial charge in [-0.15, -0.1) is 5.06 Å². The maximum atomic E-state index is 11.9. The molecule has 1 aliphatic rings. The van der Waals surface area contributed by atoms with E-state index in [2.05, 4.69) is 87.5 Å². The molecule has 6 heteroatoms. The molecule has 0 radical (unpaired) electrons. The maximum absolute atomic E-state index is 11.9. The number of rotatable bonds is 6. The summed E-state index contributed by atoms with van der Waals surface area (Å²) in [5.41, 5.74) is 1.61. The minimum absolute atomic E-state index is 0.0243. The molecule has 0 saturated carbocycles. The van der Waals surface area contributed by atoms with Crippen molar-refractivity contribution in [1.29, 1.82) is 5.26 Å². The lowest BCUT2D eigenvalue weighted by Crippen LogP contribution is -2.68. The van der Waals surface area contributed by atoms with Gasteiger partial charge in [-0.2, -0.15) is 5.26 Å². The fourth-order valence-corrected chi connectivity index (χ4v) is 10.0. The van der Waals surface area contributed by atoms with E-state index < -0.39 is 8.32 Å². The Kier molecular flexibility index (Phi) is 7.75. The predicted octanol–water partition coefficient (Wildman–Crippen LogP) is 5.12. The number of carbonyl (C=O) groups excluding carboxylic acids is 1. The van der Waals surface area contributed by atoms with Crippen molar-refractivity contribution >= 4 is 24.7 Å². The van der Waals surface area contributed by atoms with Gasteiger partial charge in [0.05, 0.1) is 17.7 Å². The fraction of sp³-hybridized carbons (Fsp3) is 0.333. The number of hydroxylamine groups is 2. The molecule has 0 aromatic heterocycles. The topological polar surface area (TPSA) is 62.6 Å². The number of hydrogen-bond acceptors (Lipinski definition) is 5. The zero-order valence-corrected chi connectivity index (χ0v) is 22.5. The third kappa shape index (κ3) is 5.29. The molecule has 1 aliphatic heterocycles. The van der Waals surface area contributed by atoms with Crippen LogP contribution in [0.2, 0.25) is 5.04 Å². The molecule has 3 aromatic carbocycles. The van der Waals surface area contributed by atoms with Gasteiger partial charge in [0.15, 0.2) is 0 Å². The number of carbonyl (C=O) groups is 1. The van der Waals surface area contributed by atoms with Gasteiger partial charge >= 0.3 is 5.97 Å². The monoisotopic (exact) mass is 498 g/mol. The summed E-state index contributed by atoms with van der Waals surface area (Å²) in [6, 6.07) is 30.8. The van der Waals surface area contributed by atoms with E-state index in [-0.39, 0.29) is 23.2 Å². The Labute approximate surface area is 215 Å². The Morgan fingerprint density at radius 1 is 0.944 bits per heavy atom. The van der Waals surface area contributed by atoms with Crippen molar-refractivity contribution < 1.29 is 14.1 Å². The quantitative estimate of drug-likeness (QED) is 0.442. The van der Waals surface area contributed by atoms with Crippen molar-refractivity contribution in [2.24, 2.45) is 0 Å². The minimum atomic E-state index is -2.71. The average Bonchev–Trinajstić information content (AvgIpc) is 2.88. The zero-order valence-electron chi connectivity index (χ0n) is 21.5.